The second-order valence-electron chi connectivity index (χ2n) is 8.77. The fraction of sp³-hybridized carbons (Fsp3) is 0.435. The molecule has 32 heavy (non-hydrogen) atoms. The molecule has 0 saturated carbocycles. The van der Waals surface area contributed by atoms with E-state index in [4.69, 9.17) is 15.7 Å². The van der Waals surface area contributed by atoms with Gasteiger partial charge in [0, 0.05) is 30.7 Å². The number of anilines is 2. The maximum absolute atomic E-state index is 13.5. The highest BCUT2D eigenvalue weighted by Gasteiger charge is 2.34. The molecule has 1 atom stereocenters. The van der Waals surface area contributed by atoms with Gasteiger partial charge in [-0.2, -0.15) is 0 Å². The summed E-state index contributed by atoms with van der Waals surface area (Å²) in [7, 11) is 0. The highest BCUT2D eigenvalue weighted by atomic mass is 16.2. The van der Waals surface area contributed by atoms with Crippen LogP contribution in [0.2, 0.25) is 0 Å². The number of hydrogen-bond donors (Lipinski definition) is 1. The van der Waals surface area contributed by atoms with Crippen LogP contribution in [0, 0.1) is 0 Å². The molecule has 2 aliphatic rings. The number of carbonyl (C=O) groups is 1. The van der Waals surface area contributed by atoms with Gasteiger partial charge in [-0.05, 0) is 51.8 Å². The lowest BCUT2D eigenvalue weighted by Crippen LogP contribution is -2.28. The normalized spacial score (nSPS) is 18.2. The molecule has 166 valence electrons. The Kier molecular flexibility index (Phi) is 5.13. The van der Waals surface area contributed by atoms with Crippen LogP contribution in [-0.4, -0.2) is 43.2 Å². The molecule has 9 heteroatoms. The molecule has 1 fully saturated rings. The van der Waals surface area contributed by atoms with Crippen molar-refractivity contribution in [2.45, 2.75) is 58.8 Å². The van der Waals surface area contributed by atoms with E-state index in [0.717, 1.165) is 36.5 Å². The van der Waals surface area contributed by atoms with E-state index in [0.29, 0.717) is 42.0 Å². The third-order valence-corrected chi connectivity index (χ3v) is 6.40. The number of fused-ring (bicyclic) bond motifs is 1. The standard InChI is InChI=1S/C23H28N8O/c1-14(2)31-13-25-28-22(31)18-7-4-8-20(26-18)30-12-17-16(23(30)32)10-21(27-19(17)11-24)29-9-5-6-15(29)3/h4,7-8,10,13-15H,5-6,9,11-12,24H2,1-3H3/t15-/m1/s1. The molecule has 0 aromatic carbocycles. The quantitative estimate of drug-likeness (QED) is 0.661. The molecular weight excluding hydrogens is 404 g/mol. The molecule has 0 aliphatic carbocycles. The molecule has 3 aromatic heterocycles. The maximum atomic E-state index is 13.5. The molecule has 5 heterocycles. The van der Waals surface area contributed by atoms with Gasteiger partial charge in [0.15, 0.2) is 5.82 Å². The van der Waals surface area contributed by atoms with Crippen LogP contribution >= 0.6 is 0 Å². The number of amides is 1. The Balaban J connectivity index is 1.51. The highest BCUT2D eigenvalue weighted by molar-refractivity contribution is 6.10. The average Bonchev–Trinajstić information content (AvgIpc) is 3.52. The van der Waals surface area contributed by atoms with Gasteiger partial charge in [-0.1, -0.05) is 6.07 Å². The first-order valence-electron chi connectivity index (χ1n) is 11.2. The Hall–Kier alpha value is -3.33. The second-order valence-corrected chi connectivity index (χ2v) is 8.77. The van der Waals surface area contributed by atoms with Gasteiger partial charge in [0.1, 0.15) is 23.7 Å². The molecule has 3 aromatic rings. The minimum absolute atomic E-state index is 0.0693. The number of nitrogens with two attached hydrogens (primary N) is 1. The third kappa shape index (κ3) is 3.33. The molecule has 0 unspecified atom stereocenters. The second kappa shape index (κ2) is 7.98. The first-order valence-corrected chi connectivity index (χ1v) is 11.2. The Morgan fingerprint density at radius 1 is 1.22 bits per heavy atom. The number of carbonyl (C=O) groups excluding carboxylic acids is 1. The van der Waals surface area contributed by atoms with Crippen molar-refractivity contribution in [1.82, 2.24) is 24.7 Å². The van der Waals surface area contributed by atoms with Crippen LogP contribution in [0.4, 0.5) is 11.6 Å². The van der Waals surface area contributed by atoms with E-state index in [2.05, 4.69) is 35.9 Å². The van der Waals surface area contributed by atoms with E-state index >= 15 is 0 Å². The van der Waals surface area contributed by atoms with E-state index in [9.17, 15) is 4.79 Å². The zero-order valence-corrected chi connectivity index (χ0v) is 18.7. The number of rotatable bonds is 5. The summed E-state index contributed by atoms with van der Waals surface area (Å²) in [5.41, 5.74) is 9.07. The van der Waals surface area contributed by atoms with Crippen molar-refractivity contribution in [3.8, 4) is 11.5 Å². The van der Waals surface area contributed by atoms with Gasteiger partial charge in [-0.15, -0.1) is 10.2 Å². The third-order valence-electron chi connectivity index (χ3n) is 6.40. The van der Waals surface area contributed by atoms with Crippen molar-refractivity contribution in [1.29, 1.82) is 0 Å². The van der Waals surface area contributed by atoms with E-state index in [1.54, 1.807) is 11.2 Å². The predicted octanol–water partition coefficient (Wildman–Crippen LogP) is 2.92. The highest BCUT2D eigenvalue weighted by Crippen LogP contribution is 2.34. The lowest BCUT2D eigenvalue weighted by molar-refractivity contribution is 0.0996. The largest absolute Gasteiger partial charge is 0.354 e. The van der Waals surface area contributed by atoms with Crippen LogP contribution in [0.15, 0.2) is 30.6 Å². The van der Waals surface area contributed by atoms with E-state index in [1.807, 2.05) is 28.8 Å². The van der Waals surface area contributed by atoms with Crippen LogP contribution in [0.25, 0.3) is 11.5 Å². The first-order chi connectivity index (χ1) is 15.5. The number of nitrogens with zero attached hydrogens (tertiary/aromatic N) is 7. The minimum Gasteiger partial charge on any atom is -0.354 e. The van der Waals surface area contributed by atoms with E-state index in [-0.39, 0.29) is 11.9 Å². The van der Waals surface area contributed by atoms with Gasteiger partial charge in [-0.3, -0.25) is 9.69 Å². The van der Waals surface area contributed by atoms with Crippen molar-refractivity contribution in [2.24, 2.45) is 5.73 Å². The summed E-state index contributed by atoms with van der Waals surface area (Å²) in [4.78, 5) is 27.0. The smallest absolute Gasteiger partial charge is 0.260 e. The summed E-state index contributed by atoms with van der Waals surface area (Å²) in [6.45, 7) is 7.99. The van der Waals surface area contributed by atoms with Crippen LogP contribution in [0.3, 0.4) is 0 Å². The average molecular weight is 433 g/mol. The number of aromatic nitrogens is 5. The number of pyridine rings is 2. The molecule has 0 radical (unpaired) electrons. The van der Waals surface area contributed by atoms with Gasteiger partial charge >= 0.3 is 0 Å². The van der Waals surface area contributed by atoms with Crippen LogP contribution in [-0.2, 0) is 13.1 Å². The zero-order valence-electron chi connectivity index (χ0n) is 18.7. The Morgan fingerprint density at radius 2 is 2.06 bits per heavy atom. The Bertz CT molecular complexity index is 1170. The summed E-state index contributed by atoms with van der Waals surface area (Å²) in [5.74, 6) is 2.04. The van der Waals surface area contributed by atoms with Crippen molar-refractivity contribution in [2.75, 3.05) is 16.3 Å². The lowest BCUT2D eigenvalue weighted by atomic mass is 10.1. The Morgan fingerprint density at radius 3 is 2.78 bits per heavy atom. The molecule has 9 nitrogen and oxygen atoms in total. The van der Waals surface area contributed by atoms with Gasteiger partial charge < -0.3 is 15.2 Å². The molecule has 0 bridgehead atoms. The zero-order chi connectivity index (χ0) is 22.4. The van der Waals surface area contributed by atoms with Crippen molar-refractivity contribution in [3.05, 3.63) is 47.4 Å². The van der Waals surface area contributed by atoms with Gasteiger partial charge in [0.2, 0.25) is 0 Å². The molecule has 2 N–H and O–H groups in total. The molecule has 1 saturated heterocycles. The summed E-state index contributed by atoms with van der Waals surface area (Å²) < 4.78 is 1.96. The van der Waals surface area contributed by atoms with Crippen LogP contribution in [0.1, 0.15) is 61.3 Å². The predicted molar refractivity (Wildman–Crippen MR) is 122 cm³/mol. The Labute approximate surface area is 187 Å². The summed E-state index contributed by atoms with van der Waals surface area (Å²) in [5, 5.41) is 8.28. The SMILES string of the molecule is CC(C)n1cnnc1-c1cccc(N2Cc3c(cc(N4CCC[C@H]4C)nc3CN)C2=O)n1. The molecular formula is C23H28N8O. The maximum Gasteiger partial charge on any atom is 0.260 e. The van der Waals surface area contributed by atoms with Crippen molar-refractivity contribution < 1.29 is 4.79 Å². The summed E-state index contributed by atoms with van der Waals surface area (Å²) >= 11 is 0. The van der Waals surface area contributed by atoms with Gasteiger partial charge in [-0.25, -0.2) is 9.97 Å². The van der Waals surface area contributed by atoms with Gasteiger partial charge in [0.25, 0.3) is 5.91 Å². The summed E-state index contributed by atoms with van der Waals surface area (Å²) in [6.07, 6.45) is 3.97. The topological polar surface area (TPSA) is 106 Å². The fourth-order valence-corrected chi connectivity index (χ4v) is 4.63. The molecule has 2 aliphatic heterocycles. The lowest BCUT2D eigenvalue weighted by Gasteiger charge is -2.23. The molecule has 1 amide bonds. The van der Waals surface area contributed by atoms with Crippen LogP contribution in [0.5, 0.6) is 0 Å². The summed E-state index contributed by atoms with van der Waals surface area (Å²) in [6, 6.07) is 8.18. The van der Waals surface area contributed by atoms with Crippen molar-refractivity contribution in [3.63, 3.8) is 0 Å². The molecule has 0 spiro atoms. The molecule has 5 rings (SSSR count). The minimum atomic E-state index is -0.0693. The first kappa shape index (κ1) is 20.6. The van der Waals surface area contributed by atoms with Crippen LogP contribution < -0.4 is 15.5 Å². The van der Waals surface area contributed by atoms with E-state index in [1.165, 1.54) is 0 Å². The fourth-order valence-electron chi connectivity index (χ4n) is 4.63. The van der Waals surface area contributed by atoms with Gasteiger partial charge in [0.05, 0.1) is 17.8 Å². The monoisotopic (exact) mass is 432 g/mol. The van der Waals surface area contributed by atoms with Crippen molar-refractivity contribution >= 4 is 17.5 Å². The number of hydrogen-bond acceptors (Lipinski definition) is 7. The van der Waals surface area contributed by atoms with E-state index < -0.39 is 0 Å².